The molecule has 2 aromatic heterocycles. The van der Waals surface area contributed by atoms with Crippen molar-refractivity contribution < 1.29 is 21.7 Å². The number of benzene rings is 1. The second-order valence-electron chi connectivity index (χ2n) is 7.36. The molecule has 1 unspecified atom stereocenters. The van der Waals surface area contributed by atoms with Gasteiger partial charge < -0.3 is 8.94 Å². The van der Waals surface area contributed by atoms with Crippen molar-refractivity contribution in [2.45, 2.75) is 37.8 Å². The van der Waals surface area contributed by atoms with Crippen LogP contribution in [0.4, 0.5) is 4.39 Å². The van der Waals surface area contributed by atoms with E-state index in [1.54, 1.807) is 19.1 Å². The number of halogens is 1. The van der Waals surface area contributed by atoms with Crippen LogP contribution in [0, 0.1) is 18.7 Å². The summed E-state index contributed by atoms with van der Waals surface area (Å²) in [6, 6.07) is 4.84. The van der Waals surface area contributed by atoms with Crippen LogP contribution >= 0.6 is 11.8 Å². The number of rotatable bonds is 8. The number of aromatic nitrogens is 4. The molecule has 30 heavy (non-hydrogen) atoms. The Morgan fingerprint density at radius 2 is 2.13 bits per heavy atom. The van der Waals surface area contributed by atoms with Gasteiger partial charge in [-0.2, -0.15) is 4.98 Å². The van der Waals surface area contributed by atoms with Gasteiger partial charge in [-0.05, 0) is 37.3 Å². The topological polar surface area (TPSA) is 112 Å². The fraction of sp³-hybridized carbons (Fsp3) is 0.474. The van der Waals surface area contributed by atoms with E-state index in [9.17, 15) is 12.8 Å². The summed E-state index contributed by atoms with van der Waals surface area (Å²) in [5.41, 5.74) is 1.15. The van der Waals surface area contributed by atoms with Gasteiger partial charge in [0.15, 0.2) is 9.84 Å². The highest BCUT2D eigenvalue weighted by Crippen LogP contribution is 2.25. The van der Waals surface area contributed by atoms with Crippen molar-refractivity contribution in [1.82, 2.24) is 20.3 Å². The molecule has 3 aromatic rings. The van der Waals surface area contributed by atoms with Gasteiger partial charge in [-0.15, -0.1) is 10.2 Å². The van der Waals surface area contributed by atoms with Gasteiger partial charge in [0.1, 0.15) is 5.82 Å². The monoisotopic (exact) mass is 452 g/mol. The van der Waals surface area contributed by atoms with E-state index in [1.807, 2.05) is 0 Å². The van der Waals surface area contributed by atoms with Gasteiger partial charge in [0.05, 0.1) is 11.5 Å². The summed E-state index contributed by atoms with van der Waals surface area (Å²) in [6.07, 6.45) is 2.48. The van der Waals surface area contributed by atoms with Crippen molar-refractivity contribution in [3.8, 4) is 11.4 Å². The summed E-state index contributed by atoms with van der Waals surface area (Å²) in [5.74, 6) is 2.24. The van der Waals surface area contributed by atoms with E-state index >= 15 is 0 Å². The third kappa shape index (κ3) is 5.25. The van der Waals surface area contributed by atoms with Crippen LogP contribution in [0.1, 0.15) is 30.2 Å². The minimum absolute atomic E-state index is 0.0574. The summed E-state index contributed by atoms with van der Waals surface area (Å²) in [5, 5.41) is 12.4. The number of nitrogens with zero attached hydrogens (tertiary/aromatic N) is 4. The highest BCUT2D eigenvalue weighted by Gasteiger charge is 2.29. The van der Waals surface area contributed by atoms with Gasteiger partial charge in [0.2, 0.25) is 17.6 Å². The zero-order valence-corrected chi connectivity index (χ0v) is 18.0. The Hall–Kier alpha value is -2.27. The van der Waals surface area contributed by atoms with Gasteiger partial charge in [-0.1, -0.05) is 29.1 Å². The molecule has 0 aliphatic carbocycles. The van der Waals surface area contributed by atoms with Gasteiger partial charge in [-0.3, -0.25) is 0 Å². The standard InChI is InChI=1S/C19H21FN4O4S2/c1-12-4-5-14(10-15(12)20)18-21-16(28-24-18)3-2-7-29-19-23-22-17(27-19)9-13-6-8-30(25,26)11-13/h4-5,10,13H,2-3,6-9,11H2,1H3. The van der Waals surface area contributed by atoms with Gasteiger partial charge in [0, 0.05) is 24.2 Å². The molecule has 160 valence electrons. The molecule has 0 radical (unpaired) electrons. The molecule has 8 nitrogen and oxygen atoms in total. The van der Waals surface area contributed by atoms with Gasteiger partial charge >= 0.3 is 0 Å². The zero-order chi connectivity index (χ0) is 21.1. The third-order valence-electron chi connectivity index (χ3n) is 4.90. The predicted octanol–water partition coefficient (Wildman–Crippen LogP) is 3.27. The first kappa shape index (κ1) is 21.0. The summed E-state index contributed by atoms with van der Waals surface area (Å²) in [4.78, 5) is 4.31. The molecule has 0 amide bonds. The first-order valence-electron chi connectivity index (χ1n) is 9.63. The maximum Gasteiger partial charge on any atom is 0.276 e. The molecule has 1 atom stereocenters. The Bertz CT molecular complexity index is 1130. The van der Waals surface area contributed by atoms with E-state index in [-0.39, 0.29) is 23.2 Å². The van der Waals surface area contributed by atoms with Crippen LogP contribution < -0.4 is 0 Å². The smallest absolute Gasteiger partial charge is 0.276 e. The Balaban J connectivity index is 1.23. The Morgan fingerprint density at radius 1 is 1.27 bits per heavy atom. The Kier molecular flexibility index (Phi) is 6.19. The molecule has 0 saturated carbocycles. The Morgan fingerprint density at radius 3 is 2.90 bits per heavy atom. The Labute approximate surface area is 177 Å². The zero-order valence-electron chi connectivity index (χ0n) is 16.4. The van der Waals surface area contributed by atoms with E-state index in [2.05, 4.69) is 20.3 Å². The first-order valence-corrected chi connectivity index (χ1v) is 12.4. The van der Waals surface area contributed by atoms with Gasteiger partial charge in [-0.25, -0.2) is 12.8 Å². The average molecular weight is 453 g/mol. The molecule has 4 rings (SSSR count). The van der Waals surface area contributed by atoms with Crippen LogP contribution in [-0.4, -0.2) is 46.0 Å². The largest absolute Gasteiger partial charge is 0.416 e. The lowest BCUT2D eigenvalue weighted by Gasteiger charge is -2.01. The number of sulfone groups is 1. The van der Waals surface area contributed by atoms with Crippen molar-refractivity contribution in [1.29, 1.82) is 0 Å². The van der Waals surface area contributed by atoms with Crippen molar-refractivity contribution >= 4 is 21.6 Å². The van der Waals surface area contributed by atoms with Gasteiger partial charge in [0.25, 0.3) is 5.22 Å². The molecule has 11 heteroatoms. The van der Waals surface area contributed by atoms with Crippen LogP contribution in [0.25, 0.3) is 11.4 Å². The molecule has 1 aromatic carbocycles. The van der Waals surface area contributed by atoms with E-state index in [0.29, 0.717) is 53.2 Å². The summed E-state index contributed by atoms with van der Waals surface area (Å²) in [6.45, 7) is 1.70. The van der Waals surface area contributed by atoms with E-state index < -0.39 is 9.84 Å². The van der Waals surface area contributed by atoms with Crippen LogP contribution in [0.3, 0.4) is 0 Å². The molecular weight excluding hydrogens is 431 g/mol. The maximum atomic E-state index is 13.7. The maximum absolute atomic E-state index is 13.7. The minimum Gasteiger partial charge on any atom is -0.416 e. The lowest BCUT2D eigenvalue weighted by Crippen LogP contribution is -2.07. The van der Waals surface area contributed by atoms with Crippen LogP contribution in [0.15, 0.2) is 32.4 Å². The number of thioether (sulfide) groups is 1. The highest BCUT2D eigenvalue weighted by atomic mass is 32.2. The molecule has 1 aliphatic heterocycles. The quantitative estimate of drug-likeness (QED) is 0.375. The predicted molar refractivity (Wildman–Crippen MR) is 108 cm³/mol. The van der Waals surface area contributed by atoms with E-state index in [0.717, 1.165) is 12.2 Å². The highest BCUT2D eigenvalue weighted by molar-refractivity contribution is 7.99. The van der Waals surface area contributed by atoms with Crippen molar-refractivity contribution in [3.05, 3.63) is 41.4 Å². The summed E-state index contributed by atoms with van der Waals surface area (Å²) < 4.78 is 47.6. The molecule has 0 bridgehead atoms. The third-order valence-corrected chi connectivity index (χ3v) is 7.64. The first-order chi connectivity index (χ1) is 14.4. The van der Waals surface area contributed by atoms with Crippen molar-refractivity contribution in [3.63, 3.8) is 0 Å². The fourth-order valence-corrected chi connectivity index (χ4v) is 5.83. The molecular formula is C19H21FN4O4S2. The molecule has 3 heterocycles. The molecule has 1 fully saturated rings. The lowest BCUT2D eigenvalue weighted by molar-refractivity contribution is 0.377. The number of aryl methyl sites for hydroxylation is 2. The fourth-order valence-electron chi connectivity index (χ4n) is 3.25. The van der Waals surface area contributed by atoms with Crippen molar-refractivity contribution in [2.75, 3.05) is 17.3 Å². The minimum atomic E-state index is -2.91. The molecule has 0 spiro atoms. The van der Waals surface area contributed by atoms with Crippen LogP contribution in [-0.2, 0) is 22.7 Å². The lowest BCUT2D eigenvalue weighted by atomic mass is 10.1. The normalized spacial score (nSPS) is 18.1. The summed E-state index contributed by atoms with van der Waals surface area (Å²) >= 11 is 1.43. The van der Waals surface area contributed by atoms with E-state index in [4.69, 9.17) is 8.94 Å². The summed E-state index contributed by atoms with van der Waals surface area (Å²) in [7, 11) is -2.91. The number of hydrogen-bond donors (Lipinski definition) is 0. The van der Waals surface area contributed by atoms with Crippen LogP contribution in [0.5, 0.6) is 0 Å². The molecule has 1 aliphatic rings. The molecule has 0 N–H and O–H groups in total. The number of hydrogen-bond acceptors (Lipinski definition) is 9. The average Bonchev–Trinajstić information content (AvgIpc) is 3.42. The second-order valence-corrected chi connectivity index (χ2v) is 10.6. The van der Waals surface area contributed by atoms with Crippen molar-refractivity contribution in [2.24, 2.45) is 5.92 Å². The van der Waals surface area contributed by atoms with E-state index in [1.165, 1.54) is 17.8 Å². The SMILES string of the molecule is Cc1ccc(-c2noc(CCCSc3nnc(CC4CCS(=O)(=O)C4)o3)n2)cc1F. The van der Waals surface area contributed by atoms with Crippen LogP contribution in [0.2, 0.25) is 0 Å². The second kappa shape index (κ2) is 8.84. The molecule has 1 saturated heterocycles.